The molecule has 1 aromatic carbocycles. The standard InChI is InChI=1S/C21H32N2O3/c1-5-15(3)18-9-7-8-10-19(18)22-20(24)16(4)23-13-11-17(12-14-23)21(25)26-6-2/h7-10,15-17H,5-6,11-14H2,1-4H3,(H,22,24)/t15-,16-/m0/s1. The smallest absolute Gasteiger partial charge is 0.309 e. The van der Waals surface area contributed by atoms with Crippen molar-refractivity contribution in [3.05, 3.63) is 29.8 Å². The van der Waals surface area contributed by atoms with Gasteiger partial charge >= 0.3 is 5.97 Å². The molecule has 1 fully saturated rings. The van der Waals surface area contributed by atoms with Crippen LogP contribution in [0.4, 0.5) is 5.69 Å². The molecular weight excluding hydrogens is 328 g/mol. The zero-order chi connectivity index (χ0) is 19.1. The summed E-state index contributed by atoms with van der Waals surface area (Å²) >= 11 is 0. The van der Waals surface area contributed by atoms with E-state index >= 15 is 0 Å². The van der Waals surface area contributed by atoms with E-state index in [4.69, 9.17) is 4.74 Å². The van der Waals surface area contributed by atoms with Crippen LogP contribution in [-0.4, -0.2) is 42.5 Å². The van der Waals surface area contributed by atoms with E-state index in [1.165, 1.54) is 5.56 Å². The topological polar surface area (TPSA) is 58.6 Å². The largest absolute Gasteiger partial charge is 0.466 e. The van der Waals surface area contributed by atoms with E-state index in [0.717, 1.165) is 38.0 Å². The number of para-hydroxylation sites is 1. The third-order valence-corrected chi connectivity index (χ3v) is 5.44. The van der Waals surface area contributed by atoms with Crippen molar-refractivity contribution in [3.63, 3.8) is 0 Å². The number of amides is 1. The molecule has 1 N–H and O–H groups in total. The molecule has 1 aromatic rings. The average Bonchev–Trinajstić information content (AvgIpc) is 2.67. The molecule has 1 amide bonds. The summed E-state index contributed by atoms with van der Waals surface area (Å²) in [5.41, 5.74) is 2.08. The maximum atomic E-state index is 12.7. The summed E-state index contributed by atoms with van der Waals surface area (Å²) in [7, 11) is 0. The molecule has 1 aliphatic heterocycles. The summed E-state index contributed by atoms with van der Waals surface area (Å²) in [6, 6.07) is 7.80. The second kappa shape index (κ2) is 9.72. The molecule has 0 aliphatic carbocycles. The van der Waals surface area contributed by atoms with Crippen LogP contribution in [0.15, 0.2) is 24.3 Å². The van der Waals surface area contributed by atoms with Crippen LogP contribution >= 0.6 is 0 Å². The molecule has 26 heavy (non-hydrogen) atoms. The lowest BCUT2D eigenvalue weighted by molar-refractivity contribution is -0.149. The minimum atomic E-state index is -0.219. The Morgan fingerprint density at radius 3 is 2.46 bits per heavy atom. The highest BCUT2D eigenvalue weighted by atomic mass is 16.5. The van der Waals surface area contributed by atoms with Crippen LogP contribution in [0.3, 0.4) is 0 Å². The first-order valence-electron chi connectivity index (χ1n) is 9.78. The van der Waals surface area contributed by atoms with Gasteiger partial charge in [-0.2, -0.15) is 0 Å². The fourth-order valence-electron chi connectivity index (χ4n) is 3.45. The molecule has 5 heteroatoms. The Labute approximate surface area is 157 Å². The maximum absolute atomic E-state index is 12.7. The number of nitrogens with zero attached hydrogens (tertiary/aromatic N) is 1. The van der Waals surface area contributed by atoms with Crippen molar-refractivity contribution in [2.45, 2.75) is 58.9 Å². The Bertz CT molecular complexity index is 609. The van der Waals surface area contributed by atoms with Gasteiger partial charge < -0.3 is 10.1 Å². The molecule has 1 aliphatic rings. The lowest BCUT2D eigenvalue weighted by Gasteiger charge is -2.34. The zero-order valence-corrected chi connectivity index (χ0v) is 16.5. The number of benzene rings is 1. The number of nitrogens with one attached hydrogen (secondary N) is 1. The molecule has 0 spiro atoms. The van der Waals surface area contributed by atoms with Crippen LogP contribution in [0.5, 0.6) is 0 Å². The Morgan fingerprint density at radius 2 is 1.85 bits per heavy atom. The van der Waals surface area contributed by atoms with Crippen LogP contribution in [-0.2, 0) is 14.3 Å². The highest BCUT2D eigenvalue weighted by Crippen LogP contribution is 2.27. The Balaban J connectivity index is 1.94. The van der Waals surface area contributed by atoms with Crippen LogP contribution in [0.2, 0.25) is 0 Å². The molecule has 144 valence electrons. The number of esters is 1. The van der Waals surface area contributed by atoms with E-state index in [2.05, 4.69) is 30.1 Å². The first kappa shape index (κ1) is 20.4. The number of hydrogen-bond acceptors (Lipinski definition) is 4. The number of carbonyl (C=O) groups excluding carboxylic acids is 2. The van der Waals surface area contributed by atoms with Crippen molar-refractivity contribution in [1.29, 1.82) is 0 Å². The van der Waals surface area contributed by atoms with Gasteiger partial charge in [-0.3, -0.25) is 14.5 Å². The summed E-state index contributed by atoms with van der Waals surface area (Å²) in [4.78, 5) is 26.8. The minimum absolute atomic E-state index is 0.00957. The van der Waals surface area contributed by atoms with Gasteiger partial charge in [0.1, 0.15) is 0 Å². The van der Waals surface area contributed by atoms with E-state index < -0.39 is 0 Å². The number of hydrogen-bond donors (Lipinski definition) is 1. The van der Waals surface area contributed by atoms with Crippen LogP contribution < -0.4 is 5.32 Å². The van der Waals surface area contributed by atoms with Gasteiger partial charge in [-0.05, 0) is 63.7 Å². The van der Waals surface area contributed by atoms with Gasteiger partial charge in [-0.25, -0.2) is 0 Å². The van der Waals surface area contributed by atoms with Crippen molar-refractivity contribution in [2.75, 3.05) is 25.0 Å². The molecule has 1 saturated heterocycles. The predicted molar refractivity (Wildman–Crippen MR) is 104 cm³/mol. The summed E-state index contributed by atoms with van der Waals surface area (Å²) < 4.78 is 5.11. The van der Waals surface area contributed by atoms with Gasteiger partial charge in [0.25, 0.3) is 0 Å². The van der Waals surface area contributed by atoms with Crippen molar-refractivity contribution < 1.29 is 14.3 Å². The second-order valence-electron chi connectivity index (χ2n) is 7.12. The van der Waals surface area contributed by atoms with Crippen LogP contribution in [0, 0.1) is 5.92 Å². The number of piperidine rings is 1. The first-order chi connectivity index (χ1) is 12.5. The van der Waals surface area contributed by atoms with Gasteiger partial charge in [0.2, 0.25) is 5.91 Å². The van der Waals surface area contributed by atoms with Crippen LogP contribution in [0.1, 0.15) is 58.4 Å². The fraction of sp³-hybridized carbons (Fsp3) is 0.619. The van der Waals surface area contributed by atoms with E-state index in [0.29, 0.717) is 12.5 Å². The van der Waals surface area contributed by atoms with Crippen molar-refractivity contribution in [3.8, 4) is 0 Å². The molecule has 0 bridgehead atoms. The number of rotatable bonds is 7. The summed E-state index contributed by atoms with van der Waals surface area (Å²) in [6.45, 7) is 10.0. The first-order valence-corrected chi connectivity index (χ1v) is 9.78. The molecular formula is C21H32N2O3. The van der Waals surface area contributed by atoms with E-state index in [1.807, 2.05) is 32.0 Å². The molecule has 5 nitrogen and oxygen atoms in total. The maximum Gasteiger partial charge on any atom is 0.309 e. The number of carbonyl (C=O) groups is 2. The van der Waals surface area contributed by atoms with E-state index in [9.17, 15) is 9.59 Å². The minimum Gasteiger partial charge on any atom is -0.466 e. The summed E-state index contributed by atoms with van der Waals surface area (Å²) in [6.07, 6.45) is 2.53. The third kappa shape index (κ3) is 5.07. The lowest BCUT2D eigenvalue weighted by Crippen LogP contribution is -2.47. The monoisotopic (exact) mass is 360 g/mol. The van der Waals surface area contributed by atoms with Gasteiger partial charge in [-0.15, -0.1) is 0 Å². The highest BCUT2D eigenvalue weighted by molar-refractivity contribution is 5.95. The zero-order valence-electron chi connectivity index (χ0n) is 16.5. The fourth-order valence-corrected chi connectivity index (χ4v) is 3.45. The van der Waals surface area contributed by atoms with Crippen molar-refractivity contribution in [1.82, 2.24) is 4.90 Å². The van der Waals surface area contributed by atoms with Gasteiger partial charge in [0.15, 0.2) is 0 Å². The highest BCUT2D eigenvalue weighted by Gasteiger charge is 2.30. The number of anilines is 1. The molecule has 1 heterocycles. The predicted octanol–water partition coefficient (Wildman–Crippen LogP) is 3.80. The number of likely N-dealkylation sites (tertiary alicyclic amines) is 1. The van der Waals surface area contributed by atoms with Gasteiger partial charge in [-0.1, -0.05) is 32.0 Å². The SMILES string of the molecule is CCOC(=O)C1CCN([C@@H](C)C(=O)Nc2ccccc2[C@@H](C)CC)CC1. The van der Waals surface area contributed by atoms with Crippen molar-refractivity contribution >= 4 is 17.6 Å². The Morgan fingerprint density at radius 1 is 1.19 bits per heavy atom. The van der Waals surface area contributed by atoms with Gasteiger partial charge in [0.05, 0.1) is 18.6 Å². The van der Waals surface area contributed by atoms with E-state index in [-0.39, 0.29) is 23.8 Å². The molecule has 0 aromatic heterocycles. The molecule has 2 atom stereocenters. The molecule has 0 unspecified atom stereocenters. The lowest BCUT2D eigenvalue weighted by atomic mass is 9.95. The Kier molecular flexibility index (Phi) is 7.64. The van der Waals surface area contributed by atoms with Crippen LogP contribution in [0.25, 0.3) is 0 Å². The summed E-state index contributed by atoms with van der Waals surface area (Å²) in [5, 5.41) is 3.10. The molecule has 0 saturated carbocycles. The molecule has 0 radical (unpaired) electrons. The summed E-state index contributed by atoms with van der Waals surface area (Å²) in [5.74, 6) is 0.275. The Hall–Kier alpha value is -1.88. The second-order valence-corrected chi connectivity index (χ2v) is 7.12. The van der Waals surface area contributed by atoms with E-state index in [1.54, 1.807) is 0 Å². The van der Waals surface area contributed by atoms with Gasteiger partial charge in [0, 0.05) is 5.69 Å². The number of ether oxygens (including phenoxy) is 1. The third-order valence-electron chi connectivity index (χ3n) is 5.44. The normalized spacial score (nSPS) is 18.2. The molecule has 2 rings (SSSR count). The average molecular weight is 360 g/mol. The van der Waals surface area contributed by atoms with Crippen molar-refractivity contribution in [2.24, 2.45) is 5.92 Å². The quantitative estimate of drug-likeness (QED) is 0.752.